The van der Waals surface area contributed by atoms with E-state index in [0.29, 0.717) is 10.9 Å². The topological polar surface area (TPSA) is 71.1 Å². The highest BCUT2D eigenvalue weighted by atomic mass is 32.2. The highest BCUT2D eigenvalue weighted by Crippen LogP contribution is 2.30. The van der Waals surface area contributed by atoms with E-state index in [1.807, 2.05) is 38.1 Å². The third-order valence-corrected chi connectivity index (χ3v) is 4.91. The second-order valence-electron chi connectivity index (χ2n) is 5.08. The standard InChI is InChI=1S/C15H19N3O2S2/c1-10-6-4-5-7-12(10)13-8-16-15(21-13)18-14(19)17-11(2)9-22(3)20/h4-8,11H,9H2,1-3H3,(H2,16,17,18,19). The first-order valence-corrected chi connectivity index (χ1v) is 9.39. The molecule has 0 aliphatic heterocycles. The van der Waals surface area contributed by atoms with Gasteiger partial charge >= 0.3 is 6.03 Å². The molecule has 5 nitrogen and oxygen atoms in total. The number of carbonyl (C=O) groups is 1. The van der Waals surface area contributed by atoms with Crippen LogP contribution in [0.25, 0.3) is 10.4 Å². The van der Waals surface area contributed by atoms with E-state index in [1.165, 1.54) is 16.9 Å². The molecule has 2 rings (SSSR count). The molecule has 0 aliphatic rings. The van der Waals surface area contributed by atoms with Gasteiger partial charge in [-0.3, -0.25) is 9.53 Å². The lowest BCUT2D eigenvalue weighted by atomic mass is 10.1. The van der Waals surface area contributed by atoms with Crippen LogP contribution in [0.5, 0.6) is 0 Å². The minimum atomic E-state index is -0.938. The first kappa shape index (κ1) is 16.6. The lowest BCUT2D eigenvalue weighted by molar-refractivity contribution is 0.250. The van der Waals surface area contributed by atoms with Crippen LogP contribution in [0.3, 0.4) is 0 Å². The van der Waals surface area contributed by atoms with Crippen molar-refractivity contribution in [2.45, 2.75) is 19.9 Å². The number of carbonyl (C=O) groups excluding carboxylic acids is 1. The molecule has 0 bridgehead atoms. The fraction of sp³-hybridized carbons (Fsp3) is 0.333. The number of amides is 2. The Morgan fingerprint density at radius 3 is 2.82 bits per heavy atom. The normalized spacial score (nSPS) is 13.4. The molecule has 0 spiro atoms. The van der Waals surface area contributed by atoms with Crippen molar-refractivity contribution < 1.29 is 9.00 Å². The van der Waals surface area contributed by atoms with Gasteiger partial charge in [0, 0.05) is 35.0 Å². The summed E-state index contributed by atoms with van der Waals surface area (Å²) < 4.78 is 11.1. The number of hydrogen-bond donors (Lipinski definition) is 2. The number of aromatic nitrogens is 1. The van der Waals surface area contributed by atoms with Gasteiger partial charge in [-0.1, -0.05) is 35.6 Å². The van der Waals surface area contributed by atoms with Crippen LogP contribution in [0.1, 0.15) is 12.5 Å². The number of urea groups is 1. The Balaban J connectivity index is 1.99. The van der Waals surface area contributed by atoms with Gasteiger partial charge in [0.05, 0.1) is 4.88 Å². The zero-order valence-corrected chi connectivity index (χ0v) is 14.4. The molecule has 2 amide bonds. The van der Waals surface area contributed by atoms with Crippen LogP contribution in [0.15, 0.2) is 30.5 Å². The average molecular weight is 337 g/mol. The third-order valence-electron chi connectivity index (χ3n) is 3.00. The zero-order chi connectivity index (χ0) is 16.1. The monoisotopic (exact) mass is 337 g/mol. The molecular weight excluding hydrogens is 318 g/mol. The molecule has 0 radical (unpaired) electrons. The summed E-state index contributed by atoms with van der Waals surface area (Å²) in [6, 6.07) is 7.57. The minimum Gasteiger partial charge on any atom is -0.334 e. The summed E-state index contributed by atoms with van der Waals surface area (Å²) in [6.07, 6.45) is 3.37. The number of nitrogens with zero attached hydrogens (tertiary/aromatic N) is 1. The van der Waals surface area contributed by atoms with Crippen LogP contribution in [0.2, 0.25) is 0 Å². The zero-order valence-electron chi connectivity index (χ0n) is 12.8. The summed E-state index contributed by atoms with van der Waals surface area (Å²) in [5.41, 5.74) is 2.28. The first-order chi connectivity index (χ1) is 10.5. The molecule has 0 aliphatic carbocycles. The van der Waals surface area contributed by atoms with Crippen molar-refractivity contribution in [3.63, 3.8) is 0 Å². The molecular formula is C15H19N3O2S2. The van der Waals surface area contributed by atoms with Crippen LogP contribution >= 0.6 is 11.3 Å². The van der Waals surface area contributed by atoms with Crippen LogP contribution < -0.4 is 10.6 Å². The van der Waals surface area contributed by atoms with Crippen LogP contribution in [-0.4, -0.2) is 33.3 Å². The second kappa shape index (κ2) is 7.51. The Morgan fingerprint density at radius 2 is 2.14 bits per heavy atom. The molecule has 1 aromatic heterocycles. The molecule has 2 N–H and O–H groups in total. The number of benzene rings is 1. The number of thiazole rings is 1. The number of rotatable bonds is 5. The van der Waals surface area contributed by atoms with Crippen molar-refractivity contribution in [2.75, 3.05) is 17.3 Å². The summed E-state index contributed by atoms with van der Waals surface area (Å²) >= 11 is 1.43. The summed E-state index contributed by atoms with van der Waals surface area (Å²) in [4.78, 5) is 17.1. The van der Waals surface area contributed by atoms with E-state index in [9.17, 15) is 9.00 Å². The maximum atomic E-state index is 11.9. The summed E-state index contributed by atoms with van der Waals surface area (Å²) in [7, 11) is -0.938. The van der Waals surface area contributed by atoms with Crippen molar-refractivity contribution in [3.8, 4) is 10.4 Å². The second-order valence-corrected chi connectivity index (χ2v) is 7.59. The summed E-state index contributed by atoms with van der Waals surface area (Å²) in [5.74, 6) is 0.430. The van der Waals surface area contributed by atoms with E-state index in [1.54, 1.807) is 12.5 Å². The Bertz CT molecular complexity index is 685. The van der Waals surface area contributed by atoms with Gasteiger partial charge in [-0.25, -0.2) is 9.78 Å². The maximum Gasteiger partial charge on any atom is 0.321 e. The van der Waals surface area contributed by atoms with E-state index in [0.717, 1.165) is 10.4 Å². The van der Waals surface area contributed by atoms with Gasteiger partial charge in [-0.15, -0.1) is 0 Å². The third kappa shape index (κ3) is 4.64. The summed E-state index contributed by atoms with van der Waals surface area (Å²) in [5, 5.41) is 6.00. The number of aryl methyl sites for hydroxylation is 1. The SMILES string of the molecule is Cc1ccccc1-c1cnc(NC(=O)NC(C)CS(C)=O)s1. The summed E-state index contributed by atoms with van der Waals surface area (Å²) in [6.45, 7) is 3.86. The number of anilines is 1. The van der Waals surface area contributed by atoms with Gasteiger partial charge < -0.3 is 5.32 Å². The van der Waals surface area contributed by atoms with Crippen molar-refractivity contribution in [3.05, 3.63) is 36.0 Å². The van der Waals surface area contributed by atoms with Gasteiger partial charge in [0.2, 0.25) is 0 Å². The molecule has 0 fully saturated rings. The molecule has 22 heavy (non-hydrogen) atoms. The fourth-order valence-corrected chi connectivity index (χ4v) is 3.75. The highest BCUT2D eigenvalue weighted by Gasteiger charge is 2.12. The molecule has 2 aromatic rings. The molecule has 2 unspecified atom stereocenters. The van der Waals surface area contributed by atoms with Gasteiger partial charge in [0.15, 0.2) is 5.13 Å². The number of hydrogen-bond acceptors (Lipinski definition) is 4. The van der Waals surface area contributed by atoms with Crippen molar-refractivity contribution in [1.29, 1.82) is 0 Å². The molecule has 1 heterocycles. The van der Waals surface area contributed by atoms with Crippen molar-refractivity contribution in [1.82, 2.24) is 10.3 Å². The van der Waals surface area contributed by atoms with Crippen LogP contribution in [-0.2, 0) is 10.8 Å². The molecule has 7 heteroatoms. The highest BCUT2D eigenvalue weighted by molar-refractivity contribution is 7.84. The average Bonchev–Trinajstić information content (AvgIpc) is 2.86. The van der Waals surface area contributed by atoms with E-state index < -0.39 is 10.8 Å². The van der Waals surface area contributed by atoms with E-state index in [2.05, 4.69) is 15.6 Å². The Hall–Kier alpha value is -1.73. The molecule has 0 saturated carbocycles. The van der Waals surface area contributed by atoms with Crippen molar-refractivity contribution >= 4 is 33.3 Å². The molecule has 2 atom stereocenters. The molecule has 1 aromatic carbocycles. The van der Waals surface area contributed by atoms with Gasteiger partial charge in [-0.05, 0) is 25.0 Å². The quantitative estimate of drug-likeness (QED) is 0.881. The van der Waals surface area contributed by atoms with Crippen LogP contribution in [0, 0.1) is 6.92 Å². The minimum absolute atomic E-state index is 0.151. The number of nitrogens with one attached hydrogen (secondary N) is 2. The largest absolute Gasteiger partial charge is 0.334 e. The first-order valence-electron chi connectivity index (χ1n) is 6.85. The fourth-order valence-electron chi connectivity index (χ4n) is 2.06. The van der Waals surface area contributed by atoms with Gasteiger partial charge in [-0.2, -0.15) is 0 Å². The van der Waals surface area contributed by atoms with Gasteiger partial charge in [0.25, 0.3) is 0 Å². The van der Waals surface area contributed by atoms with E-state index in [-0.39, 0.29) is 12.1 Å². The van der Waals surface area contributed by atoms with E-state index in [4.69, 9.17) is 0 Å². The lowest BCUT2D eigenvalue weighted by Crippen LogP contribution is -2.39. The maximum absolute atomic E-state index is 11.9. The Morgan fingerprint density at radius 1 is 1.41 bits per heavy atom. The lowest BCUT2D eigenvalue weighted by Gasteiger charge is -2.11. The molecule has 118 valence electrons. The smallest absolute Gasteiger partial charge is 0.321 e. The van der Waals surface area contributed by atoms with Crippen LogP contribution in [0.4, 0.5) is 9.93 Å². The predicted molar refractivity (Wildman–Crippen MR) is 92.8 cm³/mol. The van der Waals surface area contributed by atoms with Gasteiger partial charge in [0.1, 0.15) is 0 Å². The Kier molecular flexibility index (Phi) is 5.68. The predicted octanol–water partition coefficient (Wildman–Crippen LogP) is 3.01. The van der Waals surface area contributed by atoms with E-state index >= 15 is 0 Å². The molecule has 0 saturated heterocycles. The van der Waals surface area contributed by atoms with Crippen molar-refractivity contribution in [2.24, 2.45) is 0 Å². The Labute approximate surface area is 136 Å².